The lowest BCUT2D eigenvalue weighted by Crippen LogP contribution is -2.34. The highest BCUT2D eigenvalue weighted by molar-refractivity contribution is 7.99. The van der Waals surface area contributed by atoms with Crippen molar-refractivity contribution in [1.29, 1.82) is 0 Å². The third-order valence-electron chi connectivity index (χ3n) is 4.01. The molecule has 0 aliphatic rings. The van der Waals surface area contributed by atoms with Gasteiger partial charge in [-0.25, -0.2) is 0 Å². The van der Waals surface area contributed by atoms with Gasteiger partial charge in [0.05, 0.1) is 13.0 Å². The summed E-state index contributed by atoms with van der Waals surface area (Å²) in [5.41, 5.74) is 1.32. The van der Waals surface area contributed by atoms with E-state index < -0.39 is 11.9 Å². The van der Waals surface area contributed by atoms with Gasteiger partial charge in [-0.05, 0) is 42.3 Å². The van der Waals surface area contributed by atoms with Crippen molar-refractivity contribution in [2.75, 3.05) is 13.7 Å². The van der Waals surface area contributed by atoms with Crippen LogP contribution in [0.1, 0.15) is 29.8 Å². The minimum atomic E-state index is -0.954. The third-order valence-corrected chi connectivity index (χ3v) is 5.02. The number of methoxy groups -OCH3 is 1. The molecule has 2 aromatic carbocycles. The van der Waals surface area contributed by atoms with Gasteiger partial charge in [-0.2, -0.15) is 0 Å². The van der Waals surface area contributed by atoms with Crippen LogP contribution in [-0.4, -0.2) is 35.9 Å². The molecular formula is C21H25NO4S. The molecule has 0 aliphatic carbocycles. The van der Waals surface area contributed by atoms with E-state index in [1.54, 1.807) is 37.1 Å². The van der Waals surface area contributed by atoms with Gasteiger partial charge in [0.2, 0.25) is 0 Å². The Bertz CT molecular complexity index is 774. The molecule has 0 saturated carbocycles. The molecule has 0 heterocycles. The minimum Gasteiger partial charge on any atom is -0.496 e. The van der Waals surface area contributed by atoms with Crippen molar-refractivity contribution in [2.45, 2.75) is 30.4 Å². The summed E-state index contributed by atoms with van der Waals surface area (Å²) in [7, 11) is 1.55. The number of carboxylic acids is 1. The van der Waals surface area contributed by atoms with Crippen LogP contribution in [0.15, 0.2) is 53.4 Å². The van der Waals surface area contributed by atoms with Gasteiger partial charge in [0, 0.05) is 22.3 Å². The molecule has 2 rings (SSSR count). The highest BCUT2D eigenvalue weighted by atomic mass is 32.2. The van der Waals surface area contributed by atoms with Crippen LogP contribution in [0.25, 0.3) is 0 Å². The Balaban J connectivity index is 1.99. The monoisotopic (exact) mass is 387 g/mol. The van der Waals surface area contributed by atoms with Crippen LogP contribution >= 0.6 is 11.8 Å². The van der Waals surface area contributed by atoms with Crippen molar-refractivity contribution in [3.63, 3.8) is 0 Å². The van der Waals surface area contributed by atoms with Crippen molar-refractivity contribution in [3.8, 4) is 5.75 Å². The van der Waals surface area contributed by atoms with Gasteiger partial charge in [0.25, 0.3) is 5.91 Å². The quantitative estimate of drug-likeness (QED) is 0.639. The number of hydrogen-bond acceptors (Lipinski definition) is 4. The maximum atomic E-state index is 12.3. The largest absolute Gasteiger partial charge is 0.496 e. The molecule has 0 spiro atoms. The zero-order valence-electron chi connectivity index (χ0n) is 15.8. The molecule has 1 atom stereocenters. The van der Waals surface area contributed by atoms with Gasteiger partial charge in [-0.3, -0.25) is 9.59 Å². The van der Waals surface area contributed by atoms with Crippen molar-refractivity contribution >= 4 is 23.6 Å². The van der Waals surface area contributed by atoms with Gasteiger partial charge in [-0.1, -0.05) is 32.0 Å². The average Bonchev–Trinajstić information content (AvgIpc) is 2.65. The number of amides is 1. The Morgan fingerprint density at radius 1 is 1.11 bits per heavy atom. The van der Waals surface area contributed by atoms with Crippen LogP contribution in [-0.2, 0) is 11.2 Å². The molecule has 0 saturated heterocycles. The van der Waals surface area contributed by atoms with Crippen LogP contribution in [0.5, 0.6) is 5.75 Å². The van der Waals surface area contributed by atoms with Gasteiger partial charge >= 0.3 is 5.97 Å². The lowest BCUT2D eigenvalue weighted by molar-refractivity contribution is -0.141. The summed E-state index contributed by atoms with van der Waals surface area (Å²) in [5, 5.41) is 12.7. The van der Waals surface area contributed by atoms with E-state index in [2.05, 4.69) is 19.2 Å². The van der Waals surface area contributed by atoms with Crippen LogP contribution in [0.2, 0.25) is 0 Å². The fourth-order valence-corrected chi connectivity index (χ4v) is 3.50. The number of rotatable bonds is 9. The summed E-state index contributed by atoms with van der Waals surface area (Å²) in [5.74, 6) is -1.32. The summed E-state index contributed by atoms with van der Waals surface area (Å²) < 4.78 is 5.28. The molecule has 0 aliphatic heterocycles. The van der Waals surface area contributed by atoms with E-state index in [9.17, 15) is 14.7 Å². The third kappa shape index (κ3) is 6.32. The molecule has 0 aromatic heterocycles. The zero-order chi connectivity index (χ0) is 19.8. The summed E-state index contributed by atoms with van der Waals surface area (Å²) in [4.78, 5) is 25.0. The van der Waals surface area contributed by atoms with E-state index in [0.29, 0.717) is 16.6 Å². The Labute approximate surface area is 164 Å². The van der Waals surface area contributed by atoms with Crippen molar-refractivity contribution in [2.24, 2.45) is 5.92 Å². The maximum Gasteiger partial charge on any atom is 0.308 e. The number of carbonyl (C=O) groups is 2. The predicted molar refractivity (Wildman–Crippen MR) is 108 cm³/mol. The highest BCUT2D eigenvalue weighted by Gasteiger charge is 2.21. The summed E-state index contributed by atoms with van der Waals surface area (Å²) >= 11 is 1.72. The number of carbonyl (C=O) groups excluding carboxylic acids is 1. The fourth-order valence-electron chi connectivity index (χ4n) is 2.66. The van der Waals surface area contributed by atoms with Crippen molar-refractivity contribution in [3.05, 3.63) is 59.7 Å². The second-order valence-corrected chi connectivity index (χ2v) is 8.10. The molecule has 5 nitrogen and oxygen atoms in total. The van der Waals surface area contributed by atoms with E-state index in [-0.39, 0.29) is 18.9 Å². The Morgan fingerprint density at radius 3 is 2.37 bits per heavy atom. The molecule has 1 unspecified atom stereocenters. The SMILES string of the molecule is COc1ccccc1CC(CNC(=O)c1ccc(SC(C)C)cc1)C(=O)O. The molecule has 2 aromatic rings. The number of aliphatic carboxylic acids is 1. The molecule has 6 heteroatoms. The first-order chi connectivity index (χ1) is 12.9. The smallest absolute Gasteiger partial charge is 0.308 e. The van der Waals surface area contributed by atoms with Crippen LogP contribution < -0.4 is 10.1 Å². The van der Waals surface area contributed by atoms with E-state index in [0.717, 1.165) is 10.5 Å². The second kappa shape index (κ2) is 10.0. The minimum absolute atomic E-state index is 0.0503. The molecule has 0 fully saturated rings. The number of hydrogen-bond donors (Lipinski definition) is 2. The summed E-state index contributed by atoms with van der Waals surface area (Å²) in [6.45, 7) is 4.27. The fraction of sp³-hybridized carbons (Fsp3) is 0.333. The van der Waals surface area contributed by atoms with E-state index in [4.69, 9.17) is 4.74 Å². The molecule has 0 radical (unpaired) electrons. The first-order valence-electron chi connectivity index (χ1n) is 8.80. The topological polar surface area (TPSA) is 75.6 Å². The van der Waals surface area contributed by atoms with E-state index in [1.165, 1.54) is 0 Å². The molecular weight excluding hydrogens is 362 g/mol. The van der Waals surface area contributed by atoms with Gasteiger partial charge in [0.15, 0.2) is 0 Å². The van der Waals surface area contributed by atoms with Gasteiger partial charge in [0.1, 0.15) is 5.75 Å². The van der Waals surface area contributed by atoms with Crippen molar-refractivity contribution in [1.82, 2.24) is 5.32 Å². The Kier molecular flexibility index (Phi) is 7.73. The molecule has 144 valence electrons. The number of para-hydroxylation sites is 1. The standard InChI is InChI=1S/C21H25NO4S/c1-14(2)27-18-10-8-15(9-11-18)20(23)22-13-17(21(24)25)12-16-6-4-5-7-19(16)26-3/h4-11,14,17H,12-13H2,1-3H3,(H,22,23)(H,24,25). The molecule has 27 heavy (non-hydrogen) atoms. The predicted octanol–water partition coefficient (Wildman–Crippen LogP) is 3.87. The first-order valence-corrected chi connectivity index (χ1v) is 9.68. The number of carboxylic acid groups (broad SMARTS) is 1. The lowest BCUT2D eigenvalue weighted by Gasteiger charge is -2.15. The Morgan fingerprint density at radius 2 is 1.78 bits per heavy atom. The van der Waals surface area contributed by atoms with Crippen LogP contribution in [0, 0.1) is 5.92 Å². The molecule has 1 amide bonds. The second-order valence-electron chi connectivity index (χ2n) is 6.45. The number of thioether (sulfide) groups is 1. The number of benzene rings is 2. The lowest BCUT2D eigenvalue weighted by atomic mass is 9.98. The van der Waals surface area contributed by atoms with Gasteiger partial charge < -0.3 is 15.2 Å². The highest BCUT2D eigenvalue weighted by Crippen LogP contribution is 2.23. The summed E-state index contributed by atoms with van der Waals surface area (Å²) in [6.07, 6.45) is 0.281. The van der Waals surface area contributed by atoms with Crippen LogP contribution in [0.3, 0.4) is 0 Å². The normalized spacial score (nSPS) is 11.9. The van der Waals surface area contributed by atoms with E-state index >= 15 is 0 Å². The van der Waals surface area contributed by atoms with Crippen LogP contribution in [0.4, 0.5) is 0 Å². The average molecular weight is 388 g/mol. The first kappa shape index (κ1) is 20.8. The van der Waals surface area contributed by atoms with Gasteiger partial charge in [-0.15, -0.1) is 11.8 Å². The van der Waals surface area contributed by atoms with E-state index in [1.807, 2.05) is 30.3 Å². The van der Waals surface area contributed by atoms with Crippen molar-refractivity contribution < 1.29 is 19.4 Å². The summed E-state index contributed by atoms with van der Waals surface area (Å²) in [6, 6.07) is 14.6. The molecule has 2 N–H and O–H groups in total. The number of nitrogens with one attached hydrogen (secondary N) is 1. The zero-order valence-corrected chi connectivity index (χ0v) is 16.6. The Hall–Kier alpha value is -2.47. The number of ether oxygens (including phenoxy) is 1. The maximum absolute atomic E-state index is 12.3. The molecule has 0 bridgehead atoms.